The van der Waals surface area contributed by atoms with E-state index in [1.165, 1.54) is 27.7 Å². The first-order chi connectivity index (χ1) is 12.1. The maximum Gasteiger partial charge on any atom is 0.337 e. The quantitative estimate of drug-likeness (QED) is 0.436. The minimum Gasteiger partial charge on any atom is -0.464 e. The minimum absolute atomic E-state index is 0.0637. The summed E-state index contributed by atoms with van der Waals surface area (Å²) in [5.41, 5.74) is -2.39. The molecule has 160 valence electrons. The molecule has 0 saturated carbocycles. The van der Waals surface area contributed by atoms with Gasteiger partial charge in [0.2, 0.25) is 0 Å². The summed E-state index contributed by atoms with van der Waals surface area (Å²) in [7, 11) is 0. The molecule has 0 aromatic rings. The SMILES string of the molecule is CC(=O)CBr.CCOC(=O)C(C)(C)O.CCOC(=O)C(C)(C)OCC(C)=O. The summed E-state index contributed by atoms with van der Waals surface area (Å²) in [5.74, 6) is -0.969. The molecule has 0 aliphatic heterocycles. The molecular weight excluding hydrogens is 424 g/mol. The Morgan fingerprint density at radius 2 is 1.22 bits per heavy atom. The number of hydrogen-bond acceptors (Lipinski definition) is 8. The Morgan fingerprint density at radius 1 is 0.852 bits per heavy atom. The zero-order valence-electron chi connectivity index (χ0n) is 17.5. The van der Waals surface area contributed by atoms with E-state index in [0.717, 1.165) is 0 Å². The fraction of sp³-hybridized carbons (Fsp3) is 0.778. The van der Waals surface area contributed by atoms with Crippen LogP contribution in [0.1, 0.15) is 55.4 Å². The summed E-state index contributed by atoms with van der Waals surface area (Å²) in [6.07, 6.45) is 0. The van der Waals surface area contributed by atoms with Crippen molar-refractivity contribution < 1.29 is 38.5 Å². The summed E-state index contributed by atoms with van der Waals surface area (Å²) in [5, 5.41) is 9.42. The van der Waals surface area contributed by atoms with Crippen LogP contribution in [0, 0.1) is 0 Å². The van der Waals surface area contributed by atoms with Crippen LogP contribution >= 0.6 is 15.9 Å². The molecule has 0 amide bonds. The lowest BCUT2D eigenvalue weighted by Gasteiger charge is -2.21. The molecule has 0 rings (SSSR count). The summed E-state index contributed by atoms with van der Waals surface area (Å²) in [6, 6.07) is 0. The number of Topliss-reactive ketones (excluding diaryl/α,β-unsaturated/α-hetero) is 2. The van der Waals surface area contributed by atoms with Crippen molar-refractivity contribution in [2.24, 2.45) is 0 Å². The van der Waals surface area contributed by atoms with Gasteiger partial charge < -0.3 is 19.3 Å². The minimum atomic E-state index is -1.35. The van der Waals surface area contributed by atoms with Gasteiger partial charge in [0.25, 0.3) is 0 Å². The molecule has 0 radical (unpaired) electrons. The molecule has 0 aromatic heterocycles. The second-order valence-electron chi connectivity index (χ2n) is 6.34. The Morgan fingerprint density at radius 3 is 1.44 bits per heavy atom. The molecule has 0 heterocycles. The number of halogens is 1. The zero-order chi connectivity index (χ0) is 22.3. The monoisotopic (exact) mass is 456 g/mol. The maximum atomic E-state index is 11.2. The van der Waals surface area contributed by atoms with Gasteiger partial charge in [-0.15, -0.1) is 0 Å². The number of hydrogen-bond donors (Lipinski definition) is 1. The molecule has 0 atom stereocenters. The number of alkyl halides is 1. The van der Waals surface area contributed by atoms with E-state index in [4.69, 9.17) is 14.6 Å². The predicted molar refractivity (Wildman–Crippen MR) is 105 cm³/mol. The smallest absolute Gasteiger partial charge is 0.337 e. The van der Waals surface area contributed by atoms with Crippen LogP contribution in [0.2, 0.25) is 0 Å². The molecule has 0 aliphatic rings. The first kappa shape index (κ1) is 30.4. The van der Waals surface area contributed by atoms with Crippen LogP contribution < -0.4 is 0 Å². The van der Waals surface area contributed by atoms with E-state index in [0.29, 0.717) is 18.5 Å². The van der Waals surface area contributed by atoms with Gasteiger partial charge in [-0.3, -0.25) is 9.59 Å². The fourth-order valence-electron chi connectivity index (χ4n) is 0.954. The fourth-order valence-corrected chi connectivity index (χ4v) is 0.954. The van der Waals surface area contributed by atoms with Gasteiger partial charge in [-0.2, -0.15) is 0 Å². The Balaban J connectivity index is -0.000000356. The standard InChI is InChI=1S/C9H16O4.C6H12O3.C3H5BrO/c1-5-12-8(11)9(3,4)13-6-7(2)10;1-4-9-5(7)6(2,3)8;1-3(5)2-4/h5-6H2,1-4H3;8H,4H2,1-3H3;2H2,1H3. The van der Waals surface area contributed by atoms with Crippen molar-refractivity contribution in [2.75, 3.05) is 25.2 Å². The van der Waals surface area contributed by atoms with Crippen molar-refractivity contribution in [3.05, 3.63) is 0 Å². The van der Waals surface area contributed by atoms with E-state index in [-0.39, 0.29) is 18.2 Å². The lowest BCUT2D eigenvalue weighted by Crippen LogP contribution is -2.38. The highest BCUT2D eigenvalue weighted by Crippen LogP contribution is 2.11. The number of carbonyl (C=O) groups excluding carboxylic acids is 4. The molecule has 0 aromatic carbocycles. The third-order valence-electron chi connectivity index (χ3n) is 2.37. The molecule has 0 aliphatic carbocycles. The number of carbonyl (C=O) groups is 4. The molecule has 0 unspecified atom stereocenters. The van der Waals surface area contributed by atoms with Gasteiger partial charge in [0, 0.05) is 0 Å². The van der Waals surface area contributed by atoms with Crippen LogP contribution in [0.15, 0.2) is 0 Å². The largest absolute Gasteiger partial charge is 0.464 e. The number of aliphatic hydroxyl groups is 1. The second kappa shape index (κ2) is 15.7. The summed E-state index contributed by atoms with van der Waals surface area (Å²) in [4.78, 5) is 42.2. The van der Waals surface area contributed by atoms with E-state index in [1.54, 1.807) is 27.7 Å². The van der Waals surface area contributed by atoms with Crippen LogP contribution in [0.5, 0.6) is 0 Å². The molecule has 8 nitrogen and oxygen atoms in total. The summed E-state index contributed by atoms with van der Waals surface area (Å²) >= 11 is 2.96. The van der Waals surface area contributed by atoms with Crippen molar-refractivity contribution in [3.63, 3.8) is 0 Å². The van der Waals surface area contributed by atoms with Crippen molar-refractivity contribution >= 4 is 39.4 Å². The number of rotatable bonds is 8. The highest BCUT2D eigenvalue weighted by Gasteiger charge is 2.30. The zero-order valence-corrected chi connectivity index (χ0v) is 19.1. The first-order valence-electron chi connectivity index (χ1n) is 8.41. The van der Waals surface area contributed by atoms with E-state index in [9.17, 15) is 19.2 Å². The average Bonchev–Trinajstić information content (AvgIpc) is 2.53. The van der Waals surface area contributed by atoms with Gasteiger partial charge in [0.15, 0.2) is 17.0 Å². The molecule has 9 heteroatoms. The summed E-state index contributed by atoms with van der Waals surface area (Å²) in [6.45, 7) is 12.9. The number of ketones is 2. The molecule has 0 saturated heterocycles. The van der Waals surface area contributed by atoms with Gasteiger partial charge in [-0.05, 0) is 55.4 Å². The van der Waals surface area contributed by atoms with Gasteiger partial charge >= 0.3 is 11.9 Å². The topological polar surface area (TPSA) is 116 Å². The maximum absolute atomic E-state index is 11.2. The van der Waals surface area contributed by atoms with Crippen LogP contribution in [-0.2, 0) is 33.4 Å². The Bertz CT molecular complexity index is 466. The van der Waals surface area contributed by atoms with Crippen molar-refractivity contribution in [2.45, 2.75) is 66.6 Å². The second-order valence-corrected chi connectivity index (χ2v) is 6.90. The predicted octanol–water partition coefficient (Wildman–Crippen LogP) is 2.22. The van der Waals surface area contributed by atoms with E-state index in [1.807, 2.05) is 0 Å². The van der Waals surface area contributed by atoms with Crippen LogP contribution in [-0.4, -0.2) is 65.0 Å². The molecule has 0 bridgehead atoms. The number of ether oxygens (including phenoxy) is 3. The lowest BCUT2D eigenvalue weighted by atomic mass is 10.1. The molecule has 27 heavy (non-hydrogen) atoms. The molecule has 1 N–H and O–H groups in total. The van der Waals surface area contributed by atoms with Gasteiger partial charge in [0.1, 0.15) is 12.4 Å². The van der Waals surface area contributed by atoms with Crippen LogP contribution in [0.4, 0.5) is 0 Å². The first-order valence-corrected chi connectivity index (χ1v) is 9.53. The lowest BCUT2D eigenvalue weighted by molar-refractivity contribution is -0.168. The van der Waals surface area contributed by atoms with Crippen molar-refractivity contribution in [1.29, 1.82) is 0 Å². The van der Waals surface area contributed by atoms with Crippen LogP contribution in [0.25, 0.3) is 0 Å². The molecular formula is C18H33BrO8. The highest BCUT2D eigenvalue weighted by molar-refractivity contribution is 9.09. The Labute approximate surface area is 170 Å². The average molecular weight is 457 g/mol. The van der Waals surface area contributed by atoms with E-state index in [2.05, 4.69) is 20.7 Å². The molecule has 0 spiro atoms. The highest BCUT2D eigenvalue weighted by atomic mass is 79.9. The van der Waals surface area contributed by atoms with Gasteiger partial charge in [-0.1, -0.05) is 15.9 Å². The summed E-state index contributed by atoms with van der Waals surface area (Å²) < 4.78 is 14.4. The van der Waals surface area contributed by atoms with Crippen LogP contribution in [0.3, 0.4) is 0 Å². The Kier molecular flexibility index (Phi) is 17.7. The van der Waals surface area contributed by atoms with E-state index < -0.39 is 23.1 Å². The molecule has 0 fully saturated rings. The normalized spacial score (nSPS) is 10.4. The van der Waals surface area contributed by atoms with E-state index >= 15 is 0 Å². The Hall–Kier alpha value is -1.32. The van der Waals surface area contributed by atoms with Crippen molar-refractivity contribution in [1.82, 2.24) is 0 Å². The number of esters is 2. The van der Waals surface area contributed by atoms with Gasteiger partial charge in [-0.25, -0.2) is 9.59 Å². The third-order valence-corrected chi connectivity index (χ3v) is 3.16. The van der Waals surface area contributed by atoms with Crippen molar-refractivity contribution in [3.8, 4) is 0 Å². The van der Waals surface area contributed by atoms with Gasteiger partial charge in [0.05, 0.1) is 18.5 Å². The third kappa shape index (κ3) is 20.8.